The highest BCUT2D eigenvalue weighted by Gasteiger charge is 2.61. The number of imidazole rings is 1. The van der Waals surface area contributed by atoms with Gasteiger partial charge in [0, 0.05) is 17.8 Å². The molecule has 1 aromatic carbocycles. The van der Waals surface area contributed by atoms with E-state index in [0.29, 0.717) is 23.8 Å². The molecule has 7 nitrogen and oxygen atoms in total. The average molecular weight is 491 g/mol. The molecule has 2 bridgehead atoms. The first-order chi connectivity index (χ1) is 17.3. The number of aromatic nitrogens is 4. The van der Waals surface area contributed by atoms with Gasteiger partial charge in [-0.1, -0.05) is 36.4 Å². The molecule has 0 unspecified atom stereocenters. The van der Waals surface area contributed by atoms with Gasteiger partial charge in [-0.3, -0.25) is 4.79 Å². The Hall–Kier alpha value is -3.72. The van der Waals surface area contributed by atoms with Crippen LogP contribution in [0.15, 0.2) is 60.9 Å². The maximum atomic E-state index is 13.1. The fraction of sp³-hybridized carbons (Fsp3) is 0.333. The van der Waals surface area contributed by atoms with Crippen LogP contribution >= 0.6 is 0 Å². The van der Waals surface area contributed by atoms with Crippen LogP contribution in [0, 0.1) is 0 Å². The van der Waals surface area contributed by atoms with Gasteiger partial charge < -0.3 is 13.9 Å². The number of Topliss-reactive ketones (excluding diaryl/α,β-unsaturated/α-hetero) is 1. The van der Waals surface area contributed by atoms with E-state index in [9.17, 15) is 13.6 Å². The lowest BCUT2D eigenvalue weighted by molar-refractivity contribution is 0.0154. The Kier molecular flexibility index (Phi) is 5.33. The molecule has 9 heteroatoms. The molecule has 5 heterocycles. The summed E-state index contributed by atoms with van der Waals surface area (Å²) in [6.07, 6.45) is 2.65. The first-order valence-electron chi connectivity index (χ1n) is 11.8. The second-order valence-electron chi connectivity index (χ2n) is 9.89. The van der Waals surface area contributed by atoms with Crippen molar-refractivity contribution in [3.63, 3.8) is 0 Å². The van der Waals surface area contributed by atoms with Crippen molar-refractivity contribution in [2.45, 2.75) is 50.2 Å². The Morgan fingerprint density at radius 1 is 1.08 bits per heavy atom. The van der Waals surface area contributed by atoms with Gasteiger partial charge in [0.1, 0.15) is 18.0 Å². The average Bonchev–Trinajstić information content (AvgIpc) is 3.54. The normalized spacial score (nSPS) is 22.7. The lowest BCUT2D eigenvalue weighted by Gasteiger charge is -2.41. The zero-order valence-corrected chi connectivity index (χ0v) is 19.7. The van der Waals surface area contributed by atoms with Gasteiger partial charge in [0.25, 0.3) is 12.3 Å². The fourth-order valence-electron chi connectivity index (χ4n) is 5.32. The highest BCUT2D eigenvalue weighted by Crippen LogP contribution is 2.58. The van der Waals surface area contributed by atoms with Crippen molar-refractivity contribution < 1.29 is 23.0 Å². The van der Waals surface area contributed by atoms with Crippen molar-refractivity contribution >= 4 is 11.4 Å². The summed E-state index contributed by atoms with van der Waals surface area (Å²) in [4.78, 5) is 26.2. The molecule has 4 aromatic rings. The van der Waals surface area contributed by atoms with E-state index in [1.54, 1.807) is 6.20 Å². The van der Waals surface area contributed by atoms with Crippen LogP contribution in [-0.4, -0.2) is 37.3 Å². The SMILES string of the molecule is CC12CC(c3cn4cc(CC(=O)c5cccc(C(F)F)n5)nc(OCc5ccccc5)c4n3)(CO1)C2. The van der Waals surface area contributed by atoms with Gasteiger partial charge in [0.05, 0.1) is 30.0 Å². The molecule has 0 amide bonds. The lowest BCUT2D eigenvalue weighted by Crippen LogP contribution is -2.45. The first kappa shape index (κ1) is 22.7. The van der Waals surface area contributed by atoms with Gasteiger partial charge in [0.2, 0.25) is 5.65 Å². The molecule has 1 saturated carbocycles. The van der Waals surface area contributed by atoms with E-state index < -0.39 is 17.9 Å². The summed E-state index contributed by atoms with van der Waals surface area (Å²) in [6.45, 7) is 3.02. The van der Waals surface area contributed by atoms with Crippen LogP contribution in [-0.2, 0) is 23.2 Å². The Balaban J connectivity index is 1.33. The van der Waals surface area contributed by atoms with Crippen LogP contribution in [0.5, 0.6) is 5.88 Å². The zero-order valence-electron chi connectivity index (χ0n) is 19.7. The van der Waals surface area contributed by atoms with E-state index in [1.165, 1.54) is 18.2 Å². The van der Waals surface area contributed by atoms with Crippen LogP contribution < -0.4 is 4.74 Å². The second kappa shape index (κ2) is 8.44. The number of rotatable bonds is 8. The van der Waals surface area contributed by atoms with Crippen LogP contribution in [0.2, 0.25) is 0 Å². The molecular formula is C27H24F2N4O3. The molecule has 184 valence electrons. The highest BCUT2D eigenvalue weighted by molar-refractivity contribution is 5.95. The fourth-order valence-corrected chi connectivity index (χ4v) is 5.32. The van der Waals surface area contributed by atoms with Gasteiger partial charge in [-0.05, 0) is 37.5 Å². The number of carbonyl (C=O) groups excluding carboxylic acids is 1. The highest BCUT2D eigenvalue weighted by atomic mass is 19.3. The van der Waals surface area contributed by atoms with Gasteiger partial charge in [0.15, 0.2) is 5.78 Å². The molecule has 2 saturated heterocycles. The Morgan fingerprint density at radius 2 is 1.89 bits per heavy atom. The predicted octanol–water partition coefficient (Wildman–Crippen LogP) is 4.89. The van der Waals surface area contributed by atoms with E-state index in [-0.39, 0.29) is 29.7 Å². The number of nitrogens with zero attached hydrogens (tertiary/aromatic N) is 4. The molecule has 0 radical (unpaired) electrons. The molecular weight excluding hydrogens is 466 g/mol. The van der Waals surface area contributed by atoms with Crippen LogP contribution in [0.1, 0.15) is 59.3 Å². The van der Waals surface area contributed by atoms with Crippen molar-refractivity contribution in [3.05, 3.63) is 89.3 Å². The summed E-state index contributed by atoms with van der Waals surface area (Å²) in [5.41, 5.74) is 2.22. The molecule has 3 fully saturated rings. The monoisotopic (exact) mass is 490 g/mol. The minimum Gasteiger partial charge on any atom is -0.470 e. The number of carbonyl (C=O) groups is 1. The van der Waals surface area contributed by atoms with E-state index in [1.807, 2.05) is 40.9 Å². The number of hydrogen-bond acceptors (Lipinski definition) is 6. The van der Waals surface area contributed by atoms with Crippen LogP contribution in [0.3, 0.4) is 0 Å². The minimum atomic E-state index is -2.75. The Labute approximate surface area is 206 Å². The van der Waals surface area contributed by atoms with E-state index in [4.69, 9.17) is 14.5 Å². The number of pyridine rings is 1. The third kappa shape index (κ3) is 4.03. The molecule has 2 aliphatic heterocycles. The van der Waals surface area contributed by atoms with Crippen molar-refractivity contribution in [2.75, 3.05) is 6.61 Å². The minimum absolute atomic E-state index is 0.0245. The Bertz CT molecular complexity index is 1450. The summed E-state index contributed by atoms with van der Waals surface area (Å²) < 4.78 is 40.0. The summed E-state index contributed by atoms with van der Waals surface area (Å²) in [6, 6.07) is 13.7. The van der Waals surface area contributed by atoms with Crippen LogP contribution in [0.25, 0.3) is 5.65 Å². The number of fused-ring (bicyclic) bond motifs is 2. The van der Waals surface area contributed by atoms with Crippen molar-refractivity contribution in [2.24, 2.45) is 0 Å². The molecule has 36 heavy (non-hydrogen) atoms. The van der Waals surface area contributed by atoms with Gasteiger partial charge in [-0.2, -0.15) is 0 Å². The molecule has 3 aromatic heterocycles. The summed E-state index contributed by atoms with van der Waals surface area (Å²) >= 11 is 0. The number of benzene rings is 1. The maximum absolute atomic E-state index is 13.1. The standard InChI is InChI=1S/C27H24F2N4O3/c1-26-14-27(15-26,16-36-26)22-12-33-11-18(10-21(34)19-8-5-9-20(31-19)23(28)29)30-25(24(33)32-22)35-13-17-6-3-2-4-7-17/h2-9,11-12,23H,10,13-16H2,1H3. The zero-order chi connectivity index (χ0) is 24.9. The van der Waals surface area contributed by atoms with Gasteiger partial charge in [-0.15, -0.1) is 0 Å². The van der Waals surface area contributed by atoms with Crippen molar-refractivity contribution in [1.82, 2.24) is 19.4 Å². The van der Waals surface area contributed by atoms with Crippen LogP contribution in [0.4, 0.5) is 8.78 Å². The van der Waals surface area contributed by atoms with Gasteiger partial charge >= 0.3 is 0 Å². The predicted molar refractivity (Wildman–Crippen MR) is 126 cm³/mol. The summed E-state index contributed by atoms with van der Waals surface area (Å²) in [7, 11) is 0. The topological polar surface area (TPSA) is 78.6 Å². The molecule has 1 aliphatic carbocycles. The summed E-state index contributed by atoms with van der Waals surface area (Å²) in [5.74, 6) is -0.0988. The second-order valence-corrected chi connectivity index (χ2v) is 9.89. The van der Waals surface area contributed by atoms with Gasteiger partial charge in [-0.25, -0.2) is 23.7 Å². The first-order valence-corrected chi connectivity index (χ1v) is 11.8. The summed E-state index contributed by atoms with van der Waals surface area (Å²) in [5, 5.41) is 0. The Morgan fingerprint density at radius 3 is 2.61 bits per heavy atom. The number of ketones is 1. The van der Waals surface area contributed by atoms with E-state index in [0.717, 1.165) is 24.1 Å². The third-order valence-electron chi connectivity index (χ3n) is 6.96. The molecule has 0 spiro atoms. The molecule has 7 rings (SSSR count). The maximum Gasteiger partial charge on any atom is 0.280 e. The van der Waals surface area contributed by atoms with E-state index in [2.05, 4.69) is 16.9 Å². The molecule has 3 aliphatic rings. The number of hydrogen-bond donors (Lipinski definition) is 0. The molecule has 0 atom stereocenters. The van der Waals surface area contributed by atoms with Crippen molar-refractivity contribution in [1.29, 1.82) is 0 Å². The van der Waals surface area contributed by atoms with E-state index >= 15 is 0 Å². The number of ether oxygens (including phenoxy) is 2. The molecule has 0 N–H and O–H groups in total. The van der Waals surface area contributed by atoms with Crippen molar-refractivity contribution in [3.8, 4) is 5.88 Å². The number of halogens is 2. The smallest absolute Gasteiger partial charge is 0.280 e. The quantitative estimate of drug-likeness (QED) is 0.328. The number of alkyl halides is 2. The third-order valence-corrected chi connectivity index (χ3v) is 6.96. The largest absolute Gasteiger partial charge is 0.470 e. The lowest BCUT2D eigenvalue weighted by atomic mass is 9.62.